The Morgan fingerprint density at radius 2 is 1.89 bits per heavy atom. The first-order chi connectivity index (χ1) is 16.7. The van der Waals surface area contributed by atoms with Crippen LogP contribution in [0.25, 0.3) is 0 Å². The maximum absolute atomic E-state index is 15.7. The topological polar surface area (TPSA) is 123 Å². The minimum Gasteiger partial charge on any atom is -0.486 e. The molecule has 1 N–H and O–H groups in total. The van der Waals surface area contributed by atoms with Crippen molar-refractivity contribution < 1.29 is 27.4 Å². The summed E-state index contributed by atoms with van der Waals surface area (Å²) in [5, 5.41) is 30.1. The van der Waals surface area contributed by atoms with Gasteiger partial charge in [0, 0.05) is 17.8 Å². The van der Waals surface area contributed by atoms with Crippen LogP contribution >= 0.6 is 0 Å². The Balaban J connectivity index is 1.61. The molecular formula is C22H15F4N7O2. The fraction of sp³-hybridized carbons (Fsp3) is 0.182. The molecule has 1 aromatic carbocycles. The molecule has 3 heterocycles. The maximum atomic E-state index is 15.7. The number of halogens is 4. The molecule has 0 radical (unpaired) electrons. The van der Waals surface area contributed by atoms with Crippen LogP contribution in [0.5, 0.6) is 5.75 Å². The molecule has 1 atom stereocenters. The number of pyridine rings is 2. The van der Waals surface area contributed by atoms with Gasteiger partial charge in [0.05, 0.1) is 24.0 Å². The maximum Gasteiger partial charge on any atom is 0.323 e. The summed E-state index contributed by atoms with van der Waals surface area (Å²) in [4.78, 5) is 7.74. The highest BCUT2D eigenvalue weighted by Gasteiger charge is 2.58. The van der Waals surface area contributed by atoms with Gasteiger partial charge in [0.25, 0.3) is 0 Å². The van der Waals surface area contributed by atoms with E-state index in [-0.39, 0.29) is 12.4 Å². The van der Waals surface area contributed by atoms with E-state index in [0.717, 1.165) is 35.4 Å². The van der Waals surface area contributed by atoms with Gasteiger partial charge in [-0.15, -0.1) is 5.10 Å². The number of hydrogen-bond acceptors (Lipinski definition) is 8. The van der Waals surface area contributed by atoms with E-state index < -0.39 is 41.0 Å². The molecule has 0 saturated heterocycles. The lowest BCUT2D eigenvalue weighted by Crippen LogP contribution is -2.48. The van der Waals surface area contributed by atoms with Crippen molar-refractivity contribution in [3.05, 3.63) is 95.3 Å². The molecule has 35 heavy (non-hydrogen) atoms. The number of aliphatic hydroxyl groups is 1. The summed E-state index contributed by atoms with van der Waals surface area (Å²) in [6.45, 7) is -0.979. The molecule has 0 aliphatic rings. The highest BCUT2D eigenvalue weighted by atomic mass is 19.3. The number of benzene rings is 1. The van der Waals surface area contributed by atoms with Gasteiger partial charge in [0.15, 0.2) is 5.60 Å². The summed E-state index contributed by atoms with van der Waals surface area (Å²) in [5.41, 5.74) is -4.15. The number of alkyl halides is 2. The summed E-state index contributed by atoms with van der Waals surface area (Å²) in [6.07, 6.45) is 3.33. The third-order valence-electron chi connectivity index (χ3n) is 5.08. The molecule has 0 amide bonds. The van der Waals surface area contributed by atoms with Crippen LogP contribution in [-0.4, -0.2) is 35.3 Å². The monoisotopic (exact) mass is 485 g/mol. The molecule has 0 aliphatic carbocycles. The van der Waals surface area contributed by atoms with Gasteiger partial charge in [-0.3, -0.25) is 9.97 Å². The summed E-state index contributed by atoms with van der Waals surface area (Å²) in [6, 6.07) is 9.02. The van der Waals surface area contributed by atoms with Crippen molar-refractivity contribution in [1.82, 2.24) is 30.2 Å². The van der Waals surface area contributed by atoms with Gasteiger partial charge in [-0.05, 0) is 46.8 Å². The molecule has 0 bridgehead atoms. The fourth-order valence-corrected chi connectivity index (χ4v) is 3.26. The molecular weight excluding hydrogens is 470 g/mol. The highest BCUT2D eigenvalue weighted by Crippen LogP contribution is 2.46. The van der Waals surface area contributed by atoms with Crippen molar-refractivity contribution in [2.45, 2.75) is 24.7 Å². The highest BCUT2D eigenvalue weighted by molar-refractivity contribution is 5.32. The summed E-state index contributed by atoms with van der Waals surface area (Å²) in [7, 11) is 0. The lowest BCUT2D eigenvalue weighted by molar-refractivity contribution is -0.207. The number of hydrogen-bond donors (Lipinski definition) is 1. The SMILES string of the molecule is N#Cc1ccc(COc2ccc(C(F)(F)C(O)(Cn3cnnn3)c3ccc(F)cc3F)nc2)nc1. The molecule has 13 heteroatoms. The van der Waals surface area contributed by atoms with Gasteiger partial charge in [0.1, 0.15) is 42.1 Å². The van der Waals surface area contributed by atoms with Gasteiger partial charge < -0.3 is 9.84 Å². The zero-order valence-electron chi connectivity index (χ0n) is 17.7. The van der Waals surface area contributed by atoms with Crippen LogP contribution in [-0.2, 0) is 24.7 Å². The van der Waals surface area contributed by atoms with Gasteiger partial charge in [-0.1, -0.05) is 0 Å². The van der Waals surface area contributed by atoms with Gasteiger partial charge in [-0.25, -0.2) is 13.5 Å². The molecule has 0 aliphatic heterocycles. The van der Waals surface area contributed by atoms with E-state index in [2.05, 4.69) is 25.5 Å². The number of tetrazole rings is 1. The lowest BCUT2D eigenvalue weighted by Gasteiger charge is -2.35. The molecule has 4 aromatic rings. The van der Waals surface area contributed by atoms with Crippen molar-refractivity contribution in [2.75, 3.05) is 0 Å². The number of nitriles is 1. The Kier molecular flexibility index (Phi) is 6.39. The average Bonchev–Trinajstić information content (AvgIpc) is 3.36. The molecule has 1 unspecified atom stereocenters. The second-order valence-corrected chi connectivity index (χ2v) is 7.38. The quantitative estimate of drug-likeness (QED) is 0.378. The zero-order valence-corrected chi connectivity index (χ0v) is 17.7. The van der Waals surface area contributed by atoms with Crippen LogP contribution < -0.4 is 4.74 Å². The van der Waals surface area contributed by atoms with Crippen LogP contribution in [0, 0.1) is 23.0 Å². The Morgan fingerprint density at radius 3 is 2.49 bits per heavy atom. The Morgan fingerprint density at radius 1 is 1.06 bits per heavy atom. The molecule has 9 nitrogen and oxygen atoms in total. The predicted molar refractivity (Wildman–Crippen MR) is 109 cm³/mol. The van der Waals surface area contributed by atoms with Crippen molar-refractivity contribution >= 4 is 0 Å². The van der Waals surface area contributed by atoms with Gasteiger partial charge in [-0.2, -0.15) is 14.0 Å². The van der Waals surface area contributed by atoms with Crippen LogP contribution in [0.15, 0.2) is 61.2 Å². The molecule has 0 spiro atoms. The van der Waals surface area contributed by atoms with Crippen LogP contribution in [0.2, 0.25) is 0 Å². The molecule has 0 saturated carbocycles. The minimum absolute atomic E-state index is 0.0207. The third kappa shape index (κ3) is 4.78. The molecule has 3 aromatic heterocycles. The lowest BCUT2D eigenvalue weighted by atomic mass is 9.84. The fourth-order valence-electron chi connectivity index (χ4n) is 3.26. The zero-order chi connectivity index (χ0) is 25.1. The van der Waals surface area contributed by atoms with Crippen molar-refractivity contribution in [3.63, 3.8) is 0 Å². The third-order valence-corrected chi connectivity index (χ3v) is 5.08. The standard InChI is InChI=1S/C22H15F4N7O2/c23-15-2-5-18(19(24)7-15)21(34,12-33-13-30-31-32-33)22(25,26)20-6-4-17(10-29-20)35-11-16-3-1-14(8-27)9-28-16/h1-7,9-10,13,34H,11-12H2. The van der Waals surface area contributed by atoms with Crippen molar-refractivity contribution in [3.8, 4) is 11.8 Å². The molecule has 0 fully saturated rings. The summed E-state index contributed by atoms with van der Waals surface area (Å²) in [5.74, 6) is -6.44. The second kappa shape index (κ2) is 9.43. The molecule has 178 valence electrons. The minimum atomic E-state index is -4.18. The van der Waals surface area contributed by atoms with E-state index >= 15 is 8.78 Å². The second-order valence-electron chi connectivity index (χ2n) is 7.38. The van der Waals surface area contributed by atoms with Gasteiger partial charge in [0.2, 0.25) is 0 Å². The number of aromatic nitrogens is 6. The van der Waals surface area contributed by atoms with E-state index in [1.165, 1.54) is 12.3 Å². The van der Waals surface area contributed by atoms with Crippen LogP contribution in [0.4, 0.5) is 17.6 Å². The summed E-state index contributed by atoms with van der Waals surface area (Å²) >= 11 is 0. The average molecular weight is 485 g/mol. The van der Waals surface area contributed by atoms with E-state index in [4.69, 9.17) is 10.00 Å². The van der Waals surface area contributed by atoms with E-state index in [1.807, 2.05) is 6.07 Å². The van der Waals surface area contributed by atoms with Gasteiger partial charge >= 0.3 is 5.92 Å². The normalized spacial score (nSPS) is 13.1. The number of rotatable bonds is 8. The Hall–Kier alpha value is -4.44. The van der Waals surface area contributed by atoms with Crippen LogP contribution in [0.3, 0.4) is 0 Å². The Bertz CT molecular complexity index is 1340. The largest absolute Gasteiger partial charge is 0.486 e. The van der Waals surface area contributed by atoms with E-state index in [1.54, 1.807) is 12.1 Å². The number of ether oxygens (including phenoxy) is 1. The van der Waals surface area contributed by atoms with Crippen LogP contribution in [0.1, 0.15) is 22.5 Å². The van der Waals surface area contributed by atoms with Crippen molar-refractivity contribution in [1.29, 1.82) is 5.26 Å². The smallest absolute Gasteiger partial charge is 0.323 e. The first-order valence-corrected chi connectivity index (χ1v) is 9.94. The van der Waals surface area contributed by atoms with Crippen molar-refractivity contribution in [2.24, 2.45) is 0 Å². The first-order valence-electron chi connectivity index (χ1n) is 9.94. The predicted octanol–water partition coefficient (Wildman–Crippen LogP) is 2.87. The Labute approximate surface area is 195 Å². The van der Waals surface area contributed by atoms with E-state index in [0.29, 0.717) is 17.3 Å². The summed E-state index contributed by atoms with van der Waals surface area (Å²) < 4.78 is 65.6. The molecule has 4 rings (SSSR count). The first kappa shape index (κ1) is 23.7. The van der Waals surface area contributed by atoms with E-state index in [9.17, 15) is 13.9 Å². The number of nitrogens with zero attached hydrogens (tertiary/aromatic N) is 7.